The topological polar surface area (TPSA) is 96.0 Å². The Labute approximate surface area is 225 Å². The maximum atomic E-state index is 13.6. The molecule has 0 saturated heterocycles. The van der Waals surface area contributed by atoms with Crippen LogP contribution in [0.1, 0.15) is 38.8 Å². The van der Waals surface area contributed by atoms with Gasteiger partial charge in [-0.3, -0.25) is 13.9 Å². The van der Waals surface area contributed by atoms with E-state index >= 15 is 0 Å². The molecule has 0 spiro atoms. The van der Waals surface area contributed by atoms with E-state index in [4.69, 9.17) is 16.3 Å². The Morgan fingerprint density at radius 3 is 2.13 bits per heavy atom. The van der Waals surface area contributed by atoms with Crippen LogP contribution < -0.4 is 14.4 Å². The number of sulfonamides is 1. The lowest BCUT2D eigenvalue weighted by molar-refractivity contribution is -0.140. The standard InChI is InChI=1S/C25H31ClF3N3O5S/c1-16(23(34)30-24(2,3)4)31(14-17-7-10-19(37-5)11-8-17)22(33)15-32(38(6,35)36)21-13-18(25(27,28)29)9-12-20(21)26/h7-13,16H,14-15H2,1-6H3,(H,30,34)/t16-/m1/s1. The van der Waals surface area contributed by atoms with Crippen LogP contribution in [0.3, 0.4) is 0 Å². The first-order valence-corrected chi connectivity index (χ1v) is 13.6. The summed E-state index contributed by atoms with van der Waals surface area (Å²) in [4.78, 5) is 27.7. The van der Waals surface area contributed by atoms with Crippen molar-refractivity contribution in [1.29, 1.82) is 0 Å². The van der Waals surface area contributed by atoms with Crippen LogP contribution in [0.2, 0.25) is 5.02 Å². The number of ether oxygens (including phenoxy) is 1. The van der Waals surface area contributed by atoms with Crippen molar-refractivity contribution in [1.82, 2.24) is 10.2 Å². The van der Waals surface area contributed by atoms with Crippen LogP contribution in [0, 0.1) is 0 Å². The number of methoxy groups -OCH3 is 1. The highest BCUT2D eigenvalue weighted by atomic mass is 35.5. The van der Waals surface area contributed by atoms with Crippen molar-refractivity contribution >= 4 is 39.1 Å². The number of nitrogens with one attached hydrogen (secondary N) is 1. The third-order valence-electron chi connectivity index (χ3n) is 5.40. The highest BCUT2D eigenvalue weighted by Crippen LogP contribution is 2.36. The third kappa shape index (κ3) is 8.52. The fraction of sp³-hybridized carbons (Fsp3) is 0.440. The van der Waals surface area contributed by atoms with Gasteiger partial charge in [0.2, 0.25) is 21.8 Å². The molecule has 0 unspecified atom stereocenters. The molecule has 0 aliphatic carbocycles. The van der Waals surface area contributed by atoms with Crippen LogP contribution in [0.4, 0.5) is 18.9 Å². The van der Waals surface area contributed by atoms with Gasteiger partial charge in [-0.05, 0) is 63.6 Å². The zero-order valence-electron chi connectivity index (χ0n) is 21.9. The van der Waals surface area contributed by atoms with Gasteiger partial charge in [0.25, 0.3) is 0 Å². The number of carbonyl (C=O) groups is 2. The van der Waals surface area contributed by atoms with Crippen molar-refractivity contribution in [3.63, 3.8) is 0 Å². The van der Waals surface area contributed by atoms with E-state index in [1.165, 1.54) is 14.0 Å². The Hall–Kier alpha value is -2.99. The van der Waals surface area contributed by atoms with Crippen molar-refractivity contribution in [3.05, 3.63) is 58.6 Å². The van der Waals surface area contributed by atoms with Gasteiger partial charge in [-0.2, -0.15) is 13.2 Å². The van der Waals surface area contributed by atoms with Crippen LogP contribution in [-0.4, -0.2) is 56.6 Å². The second-order valence-corrected chi connectivity index (χ2v) is 12.0. The molecule has 38 heavy (non-hydrogen) atoms. The van der Waals surface area contributed by atoms with Gasteiger partial charge in [-0.25, -0.2) is 8.42 Å². The molecule has 2 amide bonds. The molecule has 0 aromatic heterocycles. The Morgan fingerprint density at radius 2 is 1.66 bits per heavy atom. The fourth-order valence-corrected chi connectivity index (χ4v) is 4.58. The lowest BCUT2D eigenvalue weighted by Crippen LogP contribution is -2.54. The lowest BCUT2D eigenvalue weighted by Gasteiger charge is -2.33. The summed E-state index contributed by atoms with van der Waals surface area (Å²) in [6, 6.07) is 7.80. The molecule has 0 heterocycles. The van der Waals surface area contributed by atoms with Gasteiger partial charge in [-0.15, -0.1) is 0 Å². The quantitative estimate of drug-likeness (QED) is 0.475. The molecule has 1 N–H and O–H groups in total. The van der Waals surface area contributed by atoms with Crippen LogP contribution in [0.15, 0.2) is 42.5 Å². The number of hydrogen-bond donors (Lipinski definition) is 1. The summed E-state index contributed by atoms with van der Waals surface area (Å²) in [5, 5.41) is 2.48. The Bertz CT molecular complexity index is 1260. The maximum absolute atomic E-state index is 13.6. The average molecular weight is 578 g/mol. The zero-order chi connectivity index (χ0) is 29.1. The Kier molecular flexibility index (Phi) is 9.71. The molecule has 8 nitrogen and oxygen atoms in total. The number of carbonyl (C=O) groups excluding carboxylic acids is 2. The SMILES string of the molecule is COc1ccc(CN(C(=O)CN(c2cc(C(F)(F)F)ccc2Cl)S(C)(=O)=O)[C@H](C)C(=O)NC(C)(C)C)cc1. The molecular weight excluding hydrogens is 547 g/mol. The van der Waals surface area contributed by atoms with Crippen molar-refractivity contribution in [2.75, 3.05) is 24.2 Å². The number of anilines is 1. The van der Waals surface area contributed by atoms with Crippen LogP contribution in [0.25, 0.3) is 0 Å². The number of hydrogen-bond acceptors (Lipinski definition) is 5. The molecule has 13 heteroatoms. The molecule has 0 bridgehead atoms. The maximum Gasteiger partial charge on any atom is 0.416 e. The first-order chi connectivity index (χ1) is 17.3. The first kappa shape index (κ1) is 31.2. The number of rotatable bonds is 9. The molecule has 2 aromatic rings. The average Bonchev–Trinajstić information content (AvgIpc) is 2.78. The van der Waals surface area contributed by atoms with Gasteiger partial charge >= 0.3 is 6.18 Å². The summed E-state index contributed by atoms with van der Waals surface area (Å²) in [5.41, 5.74) is -1.65. The minimum absolute atomic E-state index is 0.0878. The summed E-state index contributed by atoms with van der Waals surface area (Å²) in [6.45, 7) is 5.78. The van der Waals surface area contributed by atoms with E-state index < -0.39 is 57.4 Å². The first-order valence-electron chi connectivity index (χ1n) is 11.4. The van der Waals surface area contributed by atoms with E-state index in [-0.39, 0.29) is 11.6 Å². The predicted molar refractivity (Wildman–Crippen MR) is 140 cm³/mol. The van der Waals surface area contributed by atoms with Crippen LogP contribution >= 0.6 is 11.6 Å². The summed E-state index contributed by atoms with van der Waals surface area (Å²) < 4.78 is 70.9. The number of benzene rings is 2. The van der Waals surface area contributed by atoms with E-state index in [1.54, 1.807) is 45.0 Å². The number of amides is 2. The minimum atomic E-state index is -4.77. The van der Waals surface area contributed by atoms with E-state index in [9.17, 15) is 31.2 Å². The van der Waals surface area contributed by atoms with Gasteiger partial charge in [-0.1, -0.05) is 23.7 Å². The van der Waals surface area contributed by atoms with E-state index in [0.717, 1.165) is 17.2 Å². The van der Waals surface area contributed by atoms with E-state index in [2.05, 4.69) is 5.32 Å². The van der Waals surface area contributed by atoms with Crippen molar-refractivity contribution in [2.45, 2.75) is 52.0 Å². The van der Waals surface area contributed by atoms with Crippen LogP contribution in [0.5, 0.6) is 5.75 Å². The van der Waals surface area contributed by atoms with Gasteiger partial charge in [0.05, 0.1) is 29.6 Å². The minimum Gasteiger partial charge on any atom is -0.497 e. The predicted octanol–water partition coefficient (Wildman–Crippen LogP) is 4.47. The summed E-state index contributed by atoms with van der Waals surface area (Å²) >= 11 is 6.08. The molecule has 1 atom stereocenters. The Morgan fingerprint density at radius 1 is 1.08 bits per heavy atom. The highest BCUT2D eigenvalue weighted by Gasteiger charge is 2.35. The summed E-state index contributed by atoms with van der Waals surface area (Å²) in [5.74, 6) is -0.758. The molecule has 0 aliphatic heterocycles. The van der Waals surface area contributed by atoms with E-state index in [0.29, 0.717) is 27.8 Å². The smallest absolute Gasteiger partial charge is 0.416 e. The highest BCUT2D eigenvalue weighted by molar-refractivity contribution is 7.92. The van der Waals surface area contributed by atoms with Gasteiger partial charge in [0, 0.05) is 12.1 Å². The zero-order valence-corrected chi connectivity index (χ0v) is 23.5. The fourth-order valence-electron chi connectivity index (χ4n) is 3.46. The largest absolute Gasteiger partial charge is 0.497 e. The normalized spacial score (nSPS) is 13.0. The number of nitrogens with zero attached hydrogens (tertiary/aromatic N) is 2. The van der Waals surface area contributed by atoms with E-state index in [1.807, 2.05) is 0 Å². The molecule has 2 rings (SSSR count). The van der Waals surface area contributed by atoms with Gasteiger partial charge in [0.15, 0.2) is 0 Å². The number of alkyl halides is 3. The molecular formula is C25H31ClF3N3O5S. The molecule has 0 fully saturated rings. The number of halogens is 4. The third-order valence-corrected chi connectivity index (χ3v) is 6.84. The monoisotopic (exact) mass is 577 g/mol. The second kappa shape index (κ2) is 11.8. The second-order valence-electron chi connectivity index (χ2n) is 9.72. The van der Waals surface area contributed by atoms with Crippen molar-refractivity contribution in [3.8, 4) is 5.75 Å². The molecule has 0 aliphatic rings. The van der Waals surface area contributed by atoms with Gasteiger partial charge < -0.3 is 15.0 Å². The van der Waals surface area contributed by atoms with Crippen molar-refractivity contribution < 1.29 is 35.9 Å². The van der Waals surface area contributed by atoms with Crippen molar-refractivity contribution in [2.24, 2.45) is 0 Å². The Balaban J connectivity index is 2.51. The van der Waals surface area contributed by atoms with Gasteiger partial charge in [0.1, 0.15) is 18.3 Å². The molecule has 0 saturated carbocycles. The molecule has 210 valence electrons. The molecule has 0 radical (unpaired) electrons. The summed E-state index contributed by atoms with van der Waals surface area (Å²) in [7, 11) is -2.78. The lowest BCUT2D eigenvalue weighted by atomic mass is 10.1. The molecule has 2 aromatic carbocycles. The van der Waals surface area contributed by atoms with Crippen LogP contribution in [-0.2, 0) is 32.3 Å². The summed E-state index contributed by atoms with van der Waals surface area (Å²) in [6.07, 6.45) is -4.02.